The lowest BCUT2D eigenvalue weighted by Crippen LogP contribution is -2.70. The second kappa shape index (κ2) is 14.6. The number of nitrogens with two attached hydrogens (primary N) is 4. The van der Waals surface area contributed by atoms with Crippen LogP contribution in [0.2, 0.25) is 0 Å². The lowest BCUT2D eigenvalue weighted by molar-refractivity contribution is -0.373. The fourth-order valence-electron chi connectivity index (χ4n) is 5.46. The van der Waals surface area contributed by atoms with Gasteiger partial charge in [-0.15, -0.1) is 0 Å². The van der Waals surface area contributed by atoms with Crippen LogP contribution < -0.4 is 28.3 Å². The number of hydrogen-bond acceptors (Lipinski definition) is 18. The van der Waals surface area contributed by atoms with Crippen LogP contribution in [0.4, 0.5) is 0 Å². The molecule has 0 amide bonds. The van der Waals surface area contributed by atoms with Gasteiger partial charge in [-0.3, -0.25) is 9.11 Å². The van der Waals surface area contributed by atoms with E-state index in [4.69, 9.17) is 64.1 Å². The van der Waals surface area contributed by atoms with Crippen molar-refractivity contribution in [2.45, 2.75) is 117 Å². The van der Waals surface area contributed by atoms with Crippen LogP contribution in [0.15, 0.2) is 0 Å². The molecule has 0 aromatic rings. The van der Waals surface area contributed by atoms with E-state index in [1.165, 1.54) is 0 Å². The number of rotatable bonds is 6. The van der Waals surface area contributed by atoms with E-state index in [0.29, 0.717) is 0 Å². The van der Waals surface area contributed by atoms with Crippen molar-refractivity contribution < 1.29 is 71.8 Å². The largest absolute Gasteiger partial charge is 0.394 e. The van der Waals surface area contributed by atoms with E-state index in [1.807, 2.05) is 0 Å². The van der Waals surface area contributed by atoms with E-state index >= 15 is 0 Å². The smallest absolute Gasteiger partial charge is 0.394 e. The van der Waals surface area contributed by atoms with Gasteiger partial charge in [0.25, 0.3) is 0 Å². The maximum absolute atomic E-state index is 11.1. The highest BCUT2D eigenvalue weighted by Gasteiger charge is 2.54. The van der Waals surface area contributed by atoms with Gasteiger partial charge in [0, 0.05) is 12.1 Å². The molecule has 1 saturated carbocycles. The lowest BCUT2D eigenvalue weighted by Gasteiger charge is -2.51. The standard InChI is InChI=1S/C21H41N5O11.H2O4S/c1-26-11-14(30)18-8(33-20(11)37-21-16(32)13(29)10(25)9(4-27)34-21)3-7(24)19(36-18)35-17-6(23)2-5(22)12(28)15(17)31;1-5(2,3)4/h5-21,26-32H,2-4,22-25H2,1H3;(H2,1,2,3,4)/t5-,6+,7-,8+,9-,10-,11-,12+,13+,14-,15+,16-,17-,18-,19+,20-,21-;/m1./s1. The number of aliphatic hydroxyl groups is 6. The van der Waals surface area contributed by atoms with Crippen LogP contribution in [-0.4, -0.2) is 166 Å². The monoisotopic (exact) mass is 637 g/mol. The minimum atomic E-state index is -4.67. The van der Waals surface area contributed by atoms with Crippen LogP contribution in [0, 0.1) is 0 Å². The minimum absolute atomic E-state index is 0.156. The Bertz CT molecular complexity index is 960. The van der Waals surface area contributed by atoms with E-state index in [9.17, 15) is 30.6 Å². The fraction of sp³-hybridized carbons (Fsp3) is 1.00. The van der Waals surface area contributed by atoms with Crippen molar-refractivity contribution in [1.82, 2.24) is 5.32 Å². The van der Waals surface area contributed by atoms with Crippen LogP contribution in [0.1, 0.15) is 12.8 Å². The van der Waals surface area contributed by atoms with E-state index in [2.05, 4.69) is 5.32 Å². The average Bonchev–Trinajstić information content (AvgIpc) is 2.90. The van der Waals surface area contributed by atoms with Gasteiger partial charge in [0.2, 0.25) is 0 Å². The molecule has 3 heterocycles. The Kier molecular flexibility index (Phi) is 12.4. The Morgan fingerprint density at radius 2 is 1.38 bits per heavy atom. The molecule has 1 aliphatic carbocycles. The molecular weight excluding hydrogens is 594 g/mol. The van der Waals surface area contributed by atoms with E-state index in [0.717, 1.165) is 0 Å². The SMILES string of the molecule is CN[C@H]1[C@@H](O[C@H]2O[C@H](CO)[C@@H](N)[C@H](O)[C@H]2O)O[C@H]2C[C@@H](N)[C@@H](O[C@H]3[C@@H](O)[C@@H](O)[C@H](N)C[C@@H]3N)O[C@H]2[C@@H]1O.O=S(=O)(O)O. The van der Waals surface area contributed by atoms with Crippen LogP contribution >= 0.6 is 0 Å². The van der Waals surface area contributed by atoms with Crippen molar-refractivity contribution in [2.24, 2.45) is 22.9 Å². The number of nitrogens with one attached hydrogen (secondary N) is 1. The summed E-state index contributed by atoms with van der Waals surface area (Å²) in [5, 5.41) is 64.7. The third-order valence-corrected chi connectivity index (χ3v) is 7.74. The van der Waals surface area contributed by atoms with Gasteiger partial charge < -0.3 is 82.6 Å². The summed E-state index contributed by atoms with van der Waals surface area (Å²) in [5.41, 5.74) is 24.0. The molecule has 42 heavy (non-hydrogen) atoms. The molecule has 0 bridgehead atoms. The van der Waals surface area contributed by atoms with E-state index in [-0.39, 0.29) is 12.8 Å². The van der Waals surface area contributed by atoms with Gasteiger partial charge in [-0.25, -0.2) is 0 Å². The lowest BCUT2D eigenvalue weighted by atomic mass is 9.84. The molecule has 4 fully saturated rings. The number of likely N-dealkylation sites (N-methyl/N-ethyl adjacent to an activating group) is 1. The van der Waals surface area contributed by atoms with Crippen LogP contribution in [0.5, 0.6) is 0 Å². The number of hydrogen-bond donors (Lipinski definition) is 13. The third-order valence-electron chi connectivity index (χ3n) is 7.74. The third kappa shape index (κ3) is 8.28. The Morgan fingerprint density at radius 1 is 0.762 bits per heavy atom. The van der Waals surface area contributed by atoms with Crippen molar-refractivity contribution >= 4 is 10.4 Å². The second-order valence-electron chi connectivity index (χ2n) is 10.7. The van der Waals surface area contributed by atoms with Crippen molar-refractivity contribution in [3.63, 3.8) is 0 Å². The Labute approximate surface area is 241 Å². The fourth-order valence-corrected chi connectivity index (χ4v) is 5.46. The molecule has 20 nitrogen and oxygen atoms in total. The highest BCUT2D eigenvalue weighted by atomic mass is 32.3. The van der Waals surface area contributed by atoms with Crippen molar-refractivity contribution in [1.29, 1.82) is 0 Å². The zero-order chi connectivity index (χ0) is 31.7. The summed E-state index contributed by atoms with van der Waals surface area (Å²) in [6.07, 6.45) is -13.7. The molecule has 0 aromatic heterocycles. The van der Waals surface area contributed by atoms with E-state index in [1.54, 1.807) is 7.05 Å². The summed E-state index contributed by atoms with van der Waals surface area (Å²) in [6, 6.07) is -4.05. The quantitative estimate of drug-likeness (QED) is 0.120. The van der Waals surface area contributed by atoms with Gasteiger partial charge in [-0.1, -0.05) is 0 Å². The Hall–Kier alpha value is -0.770. The first kappa shape index (κ1) is 35.7. The van der Waals surface area contributed by atoms with Crippen LogP contribution in [-0.2, 0) is 34.1 Å². The number of ether oxygens (including phenoxy) is 5. The zero-order valence-electron chi connectivity index (χ0n) is 22.6. The van der Waals surface area contributed by atoms with Crippen molar-refractivity contribution in [3.05, 3.63) is 0 Å². The zero-order valence-corrected chi connectivity index (χ0v) is 23.4. The highest BCUT2D eigenvalue weighted by molar-refractivity contribution is 7.79. The summed E-state index contributed by atoms with van der Waals surface area (Å²) in [4.78, 5) is 0. The summed E-state index contributed by atoms with van der Waals surface area (Å²) >= 11 is 0. The molecule has 17 N–H and O–H groups in total. The van der Waals surface area contributed by atoms with E-state index < -0.39 is 121 Å². The average molecular weight is 638 g/mol. The first-order valence-electron chi connectivity index (χ1n) is 13.2. The van der Waals surface area contributed by atoms with Gasteiger partial charge in [-0.2, -0.15) is 8.42 Å². The van der Waals surface area contributed by atoms with Gasteiger partial charge >= 0.3 is 10.4 Å². The minimum Gasteiger partial charge on any atom is -0.394 e. The molecule has 248 valence electrons. The van der Waals surface area contributed by atoms with Gasteiger partial charge in [0.1, 0.15) is 42.7 Å². The molecule has 0 spiro atoms. The predicted molar refractivity (Wildman–Crippen MR) is 137 cm³/mol. The van der Waals surface area contributed by atoms with Gasteiger partial charge in [0.15, 0.2) is 18.9 Å². The Morgan fingerprint density at radius 3 is 1.95 bits per heavy atom. The maximum Gasteiger partial charge on any atom is 0.394 e. The molecule has 3 aliphatic heterocycles. The normalized spacial score (nSPS) is 49.9. The van der Waals surface area contributed by atoms with Gasteiger partial charge in [0.05, 0.1) is 36.9 Å². The molecule has 4 aliphatic rings. The molecule has 17 atom stereocenters. The number of aliphatic hydroxyl groups excluding tert-OH is 6. The summed E-state index contributed by atoms with van der Waals surface area (Å²) in [7, 11) is -3.11. The maximum atomic E-state index is 11.1. The number of fused-ring (bicyclic) bond motifs is 1. The molecule has 21 heteroatoms. The predicted octanol–water partition coefficient (Wildman–Crippen LogP) is -7.60. The van der Waals surface area contributed by atoms with Crippen molar-refractivity contribution in [2.75, 3.05) is 13.7 Å². The van der Waals surface area contributed by atoms with Crippen LogP contribution in [0.3, 0.4) is 0 Å². The molecule has 0 aromatic carbocycles. The summed E-state index contributed by atoms with van der Waals surface area (Å²) in [6.45, 7) is -0.508. The first-order valence-corrected chi connectivity index (χ1v) is 14.6. The van der Waals surface area contributed by atoms with Crippen molar-refractivity contribution in [3.8, 4) is 0 Å². The highest BCUT2D eigenvalue weighted by Crippen LogP contribution is 2.35. The molecular formula is C21H43N5O15S. The second-order valence-corrected chi connectivity index (χ2v) is 11.6. The molecule has 0 unspecified atom stereocenters. The Balaban J connectivity index is 0.000000892. The summed E-state index contributed by atoms with van der Waals surface area (Å²) < 4.78 is 60.8. The summed E-state index contributed by atoms with van der Waals surface area (Å²) in [5.74, 6) is 0. The first-order chi connectivity index (χ1) is 19.5. The van der Waals surface area contributed by atoms with Gasteiger partial charge in [-0.05, 0) is 19.9 Å². The molecule has 3 saturated heterocycles. The van der Waals surface area contributed by atoms with Crippen LogP contribution in [0.25, 0.3) is 0 Å². The molecule has 0 radical (unpaired) electrons. The topological polar surface area (TPSA) is 358 Å². The molecule has 4 rings (SSSR count).